The van der Waals surface area contributed by atoms with Gasteiger partial charge in [-0.3, -0.25) is 4.79 Å². The zero-order valence-electron chi connectivity index (χ0n) is 13.3. The lowest BCUT2D eigenvalue weighted by atomic mass is 10.0. The van der Waals surface area contributed by atoms with E-state index < -0.39 is 10.0 Å². The normalized spacial score (nSPS) is 22.4. The van der Waals surface area contributed by atoms with Crippen molar-refractivity contribution in [2.75, 3.05) is 20.2 Å². The van der Waals surface area contributed by atoms with Gasteiger partial charge in [0.05, 0.1) is 11.0 Å². The van der Waals surface area contributed by atoms with Crippen LogP contribution in [0.1, 0.15) is 30.1 Å². The summed E-state index contributed by atoms with van der Waals surface area (Å²) in [5, 5.41) is 0. The molecule has 23 heavy (non-hydrogen) atoms. The molecule has 1 aromatic carbocycles. The lowest BCUT2D eigenvalue weighted by Crippen LogP contribution is -2.51. The van der Waals surface area contributed by atoms with E-state index in [1.165, 1.54) is 23.4 Å². The fourth-order valence-corrected chi connectivity index (χ4v) is 4.46. The molecule has 1 heterocycles. The quantitative estimate of drug-likeness (QED) is 0.800. The Labute approximate surface area is 143 Å². The van der Waals surface area contributed by atoms with E-state index in [9.17, 15) is 13.2 Å². The van der Waals surface area contributed by atoms with E-state index >= 15 is 0 Å². The van der Waals surface area contributed by atoms with Gasteiger partial charge in [-0.25, -0.2) is 8.42 Å². The van der Waals surface area contributed by atoms with Crippen molar-refractivity contribution < 1.29 is 17.9 Å². The maximum atomic E-state index is 12.8. The summed E-state index contributed by atoms with van der Waals surface area (Å²) >= 11 is 0. The summed E-state index contributed by atoms with van der Waals surface area (Å²) in [6.45, 7) is 2.02. The van der Waals surface area contributed by atoms with Crippen molar-refractivity contribution in [3.05, 3.63) is 29.8 Å². The molecule has 0 bridgehead atoms. The molecule has 2 atom stereocenters. The number of Topliss-reactive ketones (excluding diaryl/α,β-unsaturated/α-hetero) is 1. The van der Waals surface area contributed by atoms with Gasteiger partial charge in [-0.2, -0.15) is 4.31 Å². The molecule has 0 amide bonds. The number of ether oxygens (including phenoxy) is 1. The van der Waals surface area contributed by atoms with E-state index in [2.05, 4.69) is 0 Å². The maximum absolute atomic E-state index is 12.8. The number of ketones is 1. The standard InChI is InChI=1S/C15H22N2O4S.ClH/c1-11(18)12-4-3-5-15(8-12)22(19,20)17-7-6-14(21-2)9-13(17)10-16;/h3-5,8,13-14H,6-7,9-10,16H2,1-2H3;1H. The maximum Gasteiger partial charge on any atom is 0.243 e. The molecular formula is C15H23ClN2O4S. The van der Waals surface area contributed by atoms with Crippen LogP contribution in [0.3, 0.4) is 0 Å². The van der Waals surface area contributed by atoms with Crippen LogP contribution in [0.25, 0.3) is 0 Å². The van der Waals surface area contributed by atoms with Gasteiger partial charge >= 0.3 is 0 Å². The lowest BCUT2D eigenvalue weighted by molar-refractivity contribution is 0.0401. The fraction of sp³-hybridized carbons (Fsp3) is 0.533. The van der Waals surface area contributed by atoms with Gasteiger partial charge in [0.1, 0.15) is 0 Å². The molecule has 1 aromatic rings. The van der Waals surface area contributed by atoms with Gasteiger partial charge < -0.3 is 10.5 Å². The molecule has 0 saturated carbocycles. The highest BCUT2D eigenvalue weighted by molar-refractivity contribution is 7.89. The first-order chi connectivity index (χ1) is 10.4. The Morgan fingerprint density at radius 3 is 2.70 bits per heavy atom. The molecule has 130 valence electrons. The average molecular weight is 363 g/mol. The molecular weight excluding hydrogens is 340 g/mol. The number of halogens is 1. The minimum Gasteiger partial charge on any atom is -0.381 e. The van der Waals surface area contributed by atoms with Crippen LogP contribution < -0.4 is 5.73 Å². The summed E-state index contributed by atoms with van der Waals surface area (Å²) in [4.78, 5) is 11.6. The molecule has 2 unspecified atom stereocenters. The molecule has 2 N–H and O–H groups in total. The summed E-state index contributed by atoms with van der Waals surface area (Å²) in [5.41, 5.74) is 6.13. The molecule has 1 aliphatic rings. The van der Waals surface area contributed by atoms with E-state index in [0.717, 1.165) is 0 Å². The zero-order chi connectivity index (χ0) is 16.3. The van der Waals surface area contributed by atoms with Crippen LogP contribution in [0.15, 0.2) is 29.2 Å². The van der Waals surface area contributed by atoms with Crippen LogP contribution in [-0.4, -0.2) is 50.9 Å². The number of sulfonamides is 1. The zero-order valence-corrected chi connectivity index (χ0v) is 14.9. The van der Waals surface area contributed by atoms with Crippen LogP contribution in [0.5, 0.6) is 0 Å². The van der Waals surface area contributed by atoms with Crippen molar-refractivity contribution in [2.24, 2.45) is 5.73 Å². The van der Waals surface area contributed by atoms with E-state index in [-0.39, 0.29) is 41.8 Å². The largest absolute Gasteiger partial charge is 0.381 e. The molecule has 0 aromatic heterocycles. The van der Waals surface area contributed by atoms with Gasteiger partial charge in [-0.1, -0.05) is 12.1 Å². The Hall–Kier alpha value is -0.990. The number of carbonyl (C=O) groups excluding carboxylic acids is 1. The number of benzene rings is 1. The van der Waals surface area contributed by atoms with Gasteiger partial charge in [0.15, 0.2) is 5.78 Å². The molecule has 0 aliphatic carbocycles. The molecule has 2 rings (SSSR count). The van der Waals surface area contributed by atoms with Crippen molar-refractivity contribution in [3.8, 4) is 0 Å². The van der Waals surface area contributed by atoms with E-state index in [1.807, 2.05) is 0 Å². The monoisotopic (exact) mass is 362 g/mol. The Bertz CT molecular complexity index is 651. The Balaban J connectivity index is 0.00000264. The van der Waals surface area contributed by atoms with Gasteiger partial charge in [0, 0.05) is 31.8 Å². The van der Waals surface area contributed by atoms with Gasteiger partial charge in [-0.05, 0) is 31.9 Å². The average Bonchev–Trinajstić information content (AvgIpc) is 2.54. The summed E-state index contributed by atoms with van der Waals surface area (Å²) < 4.78 is 32.4. The van der Waals surface area contributed by atoms with Crippen molar-refractivity contribution in [1.29, 1.82) is 0 Å². The molecule has 6 nitrogen and oxygen atoms in total. The molecule has 1 fully saturated rings. The fourth-order valence-electron chi connectivity index (χ4n) is 2.75. The van der Waals surface area contributed by atoms with Crippen LogP contribution in [0, 0.1) is 0 Å². The Morgan fingerprint density at radius 2 is 2.13 bits per heavy atom. The highest BCUT2D eigenvalue weighted by atomic mass is 35.5. The van der Waals surface area contributed by atoms with Crippen LogP contribution in [-0.2, 0) is 14.8 Å². The van der Waals surface area contributed by atoms with Crippen LogP contribution >= 0.6 is 12.4 Å². The third-order valence-electron chi connectivity index (χ3n) is 4.07. The number of methoxy groups -OCH3 is 1. The number of hydrogen-bond acceptors (Lipinski definition) is 5. The molecule has 0 radical (unpaired) electrons. The van der Waals surface area contributed by atoms with Gasteiger partial charge in [-0.15, -0.1) is 12.4 Å². The second kappa shape index (κ2) is 8.21. The summed E-state index contributed by atoms with van der Waals surface area (Å²) in [7, 11) is -2.04. The second-order valence-corrected chi connectivity index (χ2v) is 7.36. The number of nitrogens with two attached hydrogens (primary N) is 1. The first-order valence-corrected chi connectivity index (χ1v) is 8.70. The van der Waals surface area contributed by atoms with Crippen molar-refractivity contribution in [1.82, 2.24) is 4.31 Å². The van der Waals surface area contributed by atoms with E-state index in [0.29, 0.717) is 24.9 Å². The smallest absolute Gasteiger partial charge is 0.243 e. The molecule has 8 heteroatoms. The van der Waals surface area contributed by atoms with E-state index in [1.54, 1.807) is 19.2 Å². The Kier molecular flexibility index (Phi) is 7.16. The predicted octanol–water partition coefficient (Wildman–Crippen LogP) is 1.44. The summed E-state index contributed by atoms with van der Waals surface area (Å²) in [6, 6.07) is 5.84. The number of nitrogens with zero attached hydrogens (tertiary/aromatic N) is 1. The summed E-state index contributed by atoms with van der Waals surface area (Å²) in [5.74, 6) is -0.162. The number of rotatable bonds is 5. The summed E-state index contributed by atoms with van der Waals surface area (Å²) in [6.07, 6.45) is 1.25. The van der Waals surface area contributed by atoms with Gasteiger partial charge in [0.2, 0.25) is 10.0 Å². The number of piperidine rings is 1. The lowest BCUT2D eigenvalue weighted by Gasteiger charge is -2.37. The van der Waals surface area contributed by atoms with Crippen LogP contribution in [0.4, 0.5) is 0 Å². The minimum absolute atomic E-state index is 0. The SMILES string of the molecule is COC1CCN(S(=O)(=O)c2cccc(C(C)=O)c2)C(CN)C1.Cl. The Morgan fingerprint density at radius 1 is 1.43 bits per heavy atom. The van der Waals surface area contributed by atoms with Crippen molar-refractivity contribution in [3.63, 3.8) is 0 Å². The topological polar surface area (TPSA) is 89.7 Å². The van der Waals surface area contributed by atoms with Crippen molar-refractivity contribution >= 4 is 28.2 Å². The first-order valence-electron chi connectivity index (χ1n) is 7.26. The number of carbonyl (C=O) groups is 1. The third-order valence-corrected chi connectivity index (χ3v) is 6.01. The molecule has 1 saturated heterocycles. The second-order valence-electron chi connectivity index (χ2n) is 5.47. The van der Waals surface area contributed by atoms with Crippen LogP contribution in [0.2, 0.25) is 0 Å². The highest BCUT2D eigenvalue weighted by Crippen LogP contribution is 2.26. The van der Waals surface area contributed by atoms with Crippen molar-refractivity contribution in [2.45, 2.75) is 36.8 Å². The van der Waals surface area contributed by atoms with Gasteiger partial charge in [0.25, 0.3) is 0 Å². The minimum atomic E-state index is -3.67. The first kappa shape index (κ1) is 20.1. The molecule has 1 aliphatic heterocycles. The molecule has 0 spiro atoms. The third kappa shape index (κ3) is 4.30. The predicted molar refractivity (Wildman–Crippen MR) is 90.5 cm³/mol. The van der Waals surface area contributed by atoms with E-state index in [4.69, 9.17) is 10.5 Å². The number of hydrogen-bond donors (Lipinski definition) is 1. The highest BCUT2D eigenvalue weighted by Gasteiger charge is 2.36.